The maximum absolute atomic E-state index is 12.6. The quantitative estimate of drug-likeness (QED) is 0.507. The van der Waals surface area contributed by atoms with Crippen molar-refractivity contribution in [2.45, 2.75) is 19.9 Å². The molecular weight excluding hydrogens is 364 g/mol. The fourth-order valence-corrected chi connectivity index (χ4v) is 3.07. The molecule has 0 aliphatic rings. The van der Waals surface area contributed by atoms with Gasteiger partial charge in [0.15, 0.2) is 0 Å². The zero-order valence-electron chi connectivity index (χ0n) is 16.2. The van der Waals surface area contributed by atoms with Gasteiger partial charge in [-0.25, -0.2) is 4.68 Å². The number of para-hydroxylation sites is 3. The minimum Gasteiger partial charge on any atom is -0.491 e. The largest absolute Gasteiger partial charge is 0.491 e. The second-order valence-corrected chi connectivity index (χ2v) is 6.73. The SMILES string of the molecule is CCCOc1ccccc1NC(=O)c1ccc(Cn2nnc3ccccc32)cc1. The van der Waals surface area contributed by atoms with E-state index in [9.17, 15) is 4.79 Å². The maximum atomic E-state index is 12.6. The molecule has 1 aromatic heterocycles. The topological polar surface area (TPSA) is 69.0 Å². The lowest BCUT2D eigenvalue weighted by atomic mass is 10.1. The average molecular weight is 386 g/mol. The molecule has 1 amide bonds. The Labute approximate surface area is 169 Å². The van der Waals surface area contributed by atoms with E-state index in [2.05, 4.69) is 15.6 Å². The molecule has 0 saturated heterocycles. The number of aromatic nitrogens is 3. The molecule has 0 bridgehead atoms. The molecule has 0 saturated carbocycles. The van der Waals surface area contributed by atoms with E-state index in [-0.39, 0.29) is 5.91 Å². The smallest absolute Gasteiger partial charge is 0.255 e. The van der Waals surface area contributed by atoms with Crippen LogP contribution < -0.4 is 10.1 Å². The molecule has 146 valence electrons. The van der Waals surface area contributed by atoms with Gasteiger partial charge in [-0.15, -0.1) is 5.10 Å². The van der Waals surface area contributed by atoms with Gasteiger partial charge in [0.25, 0.3) is 5.91 Å². The summed E-state index contributed by atoms with van der Waals surface area (Å²) in [6.45, 7) is 3.25. The van der Waals surface area contributed by atoms with E-state index >= 15 is 0 Å². The highest BCUT2D eigenvalue weighted by molar-refractivity contribution is 6.05. The molecule has 3 aromatic carbocycles. The van der Waals surface area contributed by atoms with E-state index in [1.54, 1.807) is 0 Å². The molecule has 1 N–H and O–H groups in total. The lowest BCUT2D eigenvalue weighted by molar-refractivity contribution is 0.102. The van der Waals surface area contributed by atoms with Crippen LogP contribution in [0.5, 0.6) is 5.75 Å². The van der Waals surface area contributed by atoms with Crippen molar-refractivity contribution in [3.63, 3.8) is 0 Å². The molecule has 0 aliphatic heterocycles. The highest BCUT2D eigenvalue weighted by atomic mass is 16.5. The Hall–Kier alpha value is -3.67. The third kappa shape index (κ3) is 4.27. The fraction of sp³-hybridized carbons (Fsp3) is 0.174. The molecule has 6 heteroatoms. The van der Waals surface area contributed by atoms with Gasteiger partial charge in [0.05, 0.1) is 24.4 Å². The Balaban J connectivity index is 1.46. The summed E-state index contributed by atoms with van der Waals surface area (Å²) < 4.78 is 7.56. The number of anilines is 1. The molecule has 0 aliphatic carbocycles. The van der Waals surface area contributed by atoms with Gasteiger partial charge in [-0.3, -0.25) is 4.79 Å². The number of ether oxygens (including phenoxy) is 1. The van der Waals surface area contributed by atoms with Gasteiger partial charge >= 0.3 is 0 Å². The van der Waals surface area contributed by atoms with E-state index in [4.69, 9.17) is 4.74 Å². The number of nitrogens with zero attached hydrogens (tertiary/aromatic N) is 3. The van der Waals surface area contributed by atoms with Gasteiger partial charge in [-0.2, -0.15) is 0 Å². The zero-order chi connectivity index (χ0) is 20.1. The number of rotatable bonds is 7. The van der Waals surface area contributed by atoms with Gasteiger partial charge in [0.1, 0.15) is 11.3 Å². The van der Waals surface area contributed by atoms with Crippen LogP contribution in [0.15, 0.2) is 72.8 Å². The summed E-state index contributed by atoms with van der Waals surface area (Å²) in [5.41, 5.74) is 4.15. The Morgan fingerprint density at radius 2 is 1.76 bits per heavy atom. The Bertz CT molecular complexity index is 1120. The first-order chi connectivity index (χ1) is 14.2. The van der Waals surface area contributed by atoms with Crippen molar-refractivity contribution in [3.8, 4) is 5.75 Å². The molecule has 29 heavy (non-hydrogen) atoms. The van der Waals surface area contributed by atoms with Gasteiger partial charge in [0.2, 0.25) is 0 Å². The third-order valence-electron chi connectivity index (χ3n) is 4.57. The first-order valence-electron chi connectivity index (χ1n) is 9.65. The van der Waals surface area contributed by atoms with E-state index in [1.807, 2.05) is 84.4 Å². The van der Waals surface area contributed by atoms with Crippen molar-refractivity contribution in [1.82, 2.24) is 15.0 Å². The second kappa shape index (κ2) is 8.56. The number of nitrogens with one attached hydrogen (secondary N) is 1. The minimum atomic E-state index is -0.171. The van der Waals surface area contributed by atoms with Crippen LogP contribution in [0.1, 0.15) is 29.3 Å². The molecule has 0 radical (unpaired) electrons. The lowest BCUT2D eigenvalue weighted by Crippen LogP contribution is -2.13. The van der Waals surface area contributed by atoms with Crippen LogP contribution in [0.2, 0.25) is 0 Å². The highest BCUT2D eigenvalue weighted by Crippen LogP contribution is 2.24. The van der Waals surface area contributed by atoms with E-state index in [0.717, 1.165) is 23.0 Å². The summed E-state index contributed by atoms with van der Waals surface area (Å²) in [6, 6.07) is 22.8. The number of carbonyl (C=O) groups is 1. The van der Waals surface area contributed by atoms with Crippen molar-refractivity contribution in [3.05, 3.63) is 83.9 Å². The number of hydrogen-bond donors (Lipinski definition) is 1. The second-order valence-electron chi connectivity index (χ2n) is 6.73. The van der Waals surface area contributed by atoms with Crippen LogP contribution in [0.3, 0.4) is 0 Å². The molecule has 4 rings (SSSR count). The summed E-state index contributed by atoms with van der Waals surface area (Å²) in [6.07, 6.45) is 0.908. The van der Waals surface area contributed by atoms with Gasteiger partial charge in [-0.1, -0.05) is 48.5 Å². The number of fused-ring (bicyclic) bond motifs is 1. The highest BCUT2D eigenvalue weighted by Gasteiger charge is 2.10. The number of benzene rings is 3. The van der Waals surface area contributed by atoms with Crippen LogP contribution in [0.4, 0.5) is 5.69 Å². The Morgan fingerprint density at radius 1 is 1.00 bits per heavy atom. The van der Waals surface area contributed by atoms with Crippen molar-refractivity contribution in [2.24, 2.45) is 0 Å². The van der Waals surface area contributed by atoms with Gasteiger partial charge < -0.3 is 10.1 Å². The standard InChI is InChI=1S/C23H22N4O2/c1-2-15-29-22-10-6-4-8-20(22)24-23(28)18-13-11-17(12-14-18)16-27-21-9-5-3-7-19(21)25-26-27/h3-14H,2,15-16H2,1H3,(H,24,28). The van der Waals surface area contributed by atoms with Crippen LogP contribution in [0, 0.1) is 0 Å². The van der Waals surface area contributed by atoms with Gasteiger partial charge in [-0.05, 0) is 48.4 Å². The van der Waals surface area contributed by atoms with Crippen LogP contribution in [0.25, 0.3) is 11.0 Å². The lowest BCUT2D eigenvalue weighted by Gasteiger charge is -2.12. The molecule has 6 nitrogen and oxygen atoms in total. The molecule has 4 aromatic rings. The first-order valence-corrected chi connectivity index (χ1v) is 9.65. The summed E-state index contributed by atoms with van der Waals surface area (Å²) in [5, 5.41) is 11.3. The monoisotopic (exact) mass is 386 g/mol. The Morgan fingerprint density at radius 3 is 2.59 bits per heavy atom. The van der Waals surface area contributed by atoms with E-state index in [1.165, 1.54) is 0 Å². The molecule has 0 atom stereocenters. The van der Waals surface area contributed by atoms with Crippen molar-refractivity contribution < 1.29 is 9.53 Å². The normalized spacial score (nSPS) is 10.8. The minimum absolute atomic E-state index is 0.171. The van der Waals surface area contributed by atoms with Crippen molar-refractivity contribution >= 4 is 22.6 Å². The summed E-state index contributed by atoms with van der Waals surface area (Å²) >= 11 is 0. The van der Waals surface area contributed by atoms with Crippen LogP contribution in [-0.4, -0.2) is 27.5 Å². The van der Waals surface area contributed by atoms with Gasteiger partial charge in [0, 0.05) is 5.56 Å². The summed E-state index contributed by atoms with van der Waals surface area (Å²) in [7, 11) is 0. The first kappa shape index (κ1) is 18.7. The maximum Gasteiger partial charge on any atom is 0.255 e. The molecule has 1 heterocycles. The predicted octanol–water partition coefficient (Wildman–Crippen LogP) is 4.52. The molecular formula is C23H22N4O2. The summed E-state index contributed by atoms with van der Waals surface area (Å²) in [4.78, 5) is 12.6. The molecule has 0 fully saturated rings. The van der Waals surface area contributed by atoms with Crippen molar-refractivity contribution in [2.75, 3.05) is 11.9 Å². The van der Waals surface area contributed by atoms with E-state index in [0.29, 0.717) is 30.2 Å². The van der Waals surface area contributed by atoms with Crippen LogP contribution in [-0.2, 0) is 6.54 Å². The van der Waals surface area contributed by atoms with E-state index < -0.39 is 0 Å². The fourth-order valence-electron chi connectivity index (χ4n) is 3.07. The van der Waals surface area contributed by atoms with Crippen LogP contribution >= 0.6 is 0 Å². The molecule has 0 spiro atoms. The Kier molecular flexibility index (Phi) is 5.52. The molecule has 0 unspecified atom stereocenters. The zero-order valence-corrected chi connectivity index (χ0v) is 16.2. The van der Waals surface area contributed by atoms with Crippen molar-refractivity contribution in [1.29, 1.82) is 0 Å². The number of hydrogen-bond acceptors (Lipinski definition) is 4. The number of amides is 1. The predicted molar refractivity (Wildman–Crippen MR) is 113 cm³/mol. The number of carbonyl (C=O) groups excluding carboxylic acids is 1. The third-order valence-corrected chi connectivity index (χ3v) is 4.57. The summed E-state index contributed by atoms with van der Waals surface area (Å²) in [5.74, 6) is 0.507. The average Bonchev–Trinajstić information content (AvgIpc) is 3.16.